The molecule has 1 atom stereocenters. The fraction of sp³-hybridized carbons (Fsp3) is 0.250. The van der Waals surface area contributed by atoms with Crippen molar-refractivity contribution in [2.24, 2.45) is 0 Å². The van der Waals surface area contributed by atoms with E-state index in [-0.39, 0.29) is 6.04 Å². The highest BCUT2D eigenvalue weighted by Crippen LogP contribution is 2.22. The summed E-state index contributed by atoms with van der Waals surface area (Å²) >= 11 is 0. The minimum atomic E-state index is 0.253. The number of aryl methyl sites for hydroxylation is 1. The molecule has 94 valence electrons. The first kappa shape index (κ1) is 12.5. The van der Waals surface area contributed by atoms with Crippen LogP contribution in [0, 0.1) is 6.92 Å². The molecule has 2 aromatic rings. The van der Waals surface area contributed by atoms with Crippen LogP contribution in [0.1, 0.15) is 24.1 Å². The average Bonchev–Trinajstić information content (AvgIpc) is 2.41. The Morgan fingerprint density at radius 1 is 1.06 bits per heavy atom. The van der Waals surface area contributed by atoms with E-state index < -0.39 is 0 Å². The summed E-state index contributed by atoms with van der Waals surface area (Å²) < 4.78 is 5.24. The monoisotopic (exact) mass is 241 g/mol. The number of hydrogen-bond acceptors (Lipinski definition) is 2. The van der Waals surface area contributed by atoms with Crippen molar-refractivity contribution in [2.45, 2.75) is 19.9 Å². The zero-order valence-corrected chi connectivity index (χ0v) is 11.1. The van der Waals surface area contributed by atoms with E-state index in [1.54, 1.807) is 7.11 Å². The molecule has 0 saturated heterocycles. The zero-order chi connectivity index (χ0) is 13.0. The van der Waals surface area contributed by atoms with Crippen molar-refractivity contribution in [3.63, 3.8) is 0 Å². The molecular formula is C16H19NO. The van der Waals surface area contributed by atoms with E-state index in [0.717, 1.165) is 11.4 Å². The van der Waals surface area contributed by atoms with Crippen molar-refractivity contribution in [3.05, 3.63) is 59.7 Å². The number of rotatable bonds is 4. The lowest BCUT2D eigenvalue weighted by Gasteiger charge is -2.16. The van der Waals surface area contributed by atoms with E-state index in [9.17, 15) is 0 Å². The van der Waals surface area contributed by atoms with E-state index in [1.807, 2.05) is 12.1 Å². The maximum absolute atomic E-state index is 5.24. The maximum atomic E-state index is 5.24. The molecule has 0 fully saturated rings. The second-order valence-electron chi connectivity index (χ2n) is 4.51. The molecule has 2 nitrogen and oxygen atoms in total. The van der Waals surface area contributed by atoms with Crippen LogP contribution in [0.5, 0.6) is 5.75 Å². The highest BCUT2D eigenvalue weighted by molar-refractivity contribution is 5.47. The summed E-state index contributed by atoms with van der Waals surface area (Å²) in [5, 5.41) is 3.48. The predicted octanol–water partition coefficient (Wildman–Crippen LogP) is 4.18. The van der Waals surface area contributed by atoms with Crippen LogP contribution in [0.2, 0.25) is 0 Å². The molecule has 0 aliphatic carbocycles. The molecule has 1 unspecified atom stereocenters. The fourth-order valence-electron chi connectivity index (χ4n) is 1.89. The molecule has 0 amide bonds. The van der Waals surface area contributed by atoms with Crippen LogP contribution < -0.4 is 10.1 Å². The molecule has 0 spiro atoms. The Balaban J connectivity index is 2.11. The molecular weight excluding hydrogens is 222 g/mol. The summed E-state index contributed by atoms with van der Waals surface area (Å²) in [7, 11) is 1.69. The summed E-state index contributed by atoms with van der Waals surface area (Å²) in [4.78, 5) is 0. The quantitative estimate of drug-likeness (QED) is 0.867. The summed E-state index contributed by atoms with van der Waals surface area (Å²) in [5.41, 5.74) is 3.63. The number of hydrogen-bond donors (Lipinski definition) is 1. The van der Waals surface area contributed by atoms with E-state index in [1.165, 1.54) is 11.1 Å². The normalized spacial score (nSPS) is 11.9. The molecule has 18 heavy (non-hydrogen) atoms. The third-order valence-corrected chi connectivity index (χ3v) is 3.03. The Morgan fingerprint density at radius 3 is 2.44 bits per heavy atom. The average molecular weight is 241 g/mol. The van der Waals surface area contributed by atoms with Crippen LogP contribution >= 0.6 is 0 Å². The highest BCUT2D eigenvalue weighted by Gasteiger charge is 2.06. The van der Waals surface area contributed by atoms with Crippen molar-refractivity contribution in [1.82, 2.24) is 0 Å². The minimum absolute atomic E-state index is 0.253. The third-order valence-electron chi connectivity index (χ3n) is 3.03. The first-order valence-corrected chi connectivity index (χ1v) is 6.16. The van der Waals surface area contributed by atoms with Gasteiger partial charge in [0, 0.05) is 11.7 Å². The van der Waals surface area contributed by atoms with Crippen molar-refractivity contribution in [1.29, 1.82) is 0 Å². The molecule has 0 bridgehead atoms. The van der Waals surface area contributed by atoms with Gasteiger partial charge in [0.25, 0.3) is 0 Å². The van der Waals surface area contributed by atoms with Gasteiger partial charge in [0.05, 0.1) is 7.11 Å². The second kappa shape index (κ2) is 5.58. The lowest BCUT2D eigenvalue weighted by molar-refractivity contribution is 0.414. The molecule has 0 aliphatic rings. The molecule has 0 radical (unpaired) electrons. The van der Waals surface area contributed by atoms with Crippen molar-refractivity contribution >= 4 is 5.69 Å². The Labute approximate surface area is 109 Å². The van der Waals surface area contributed by atoms with Gasteiger partial charge < -0.3 is 10.1 Å². The lowest BCUT2D eigenvalue weighted by atomic mass is 10.1. The van der Waals surface area contributed by atoms with Gasteiger partial charge >= 0.3 is 0 Å². The van der Waals surface area contributed by atoms with Crippen molar-refractivity contribution in [3.8, 4) is 5.75 Å². The number of methoxy groups -OCH3 is 1. The van der Waals surface area contributed by atoms with Crippen LogP contribution in [0.15, 0.2) is 48.5 Å². The van der Waals surface area contributed by atoms with Crippen LogP contribution in [0.3, 0.4) is 0 Å². The Kier molecular flexibility index (Phi) is 3.88. The largest absolute Gasteiger partial charge is 0.497 e. The fourth-order valence-corrected chi connectivity index (χ4v) is 1.89. The summed E-state index contributed by atoms with van der Waals surface area (Å²) in [6.45, 7) is 4.24. The third kappa shape index (κ3) is 3.04. The van der Waals surface area contributed by atoms with E-state index in [4.69, 9.17) is 4.74 Å². The smallest absolute Gasteiger partial charge is 0.119 e. The van der Waals surface area contributed by atoms with Crippen LogP contribution in [0.25, 0.3) is 0 Å². The van der Waals surface area contributed by atoms with Gasteiger partial charge in [0.15, 0.2) is 0 Å². The molecule has 0 aromatic heterocycles. The number of anilines is 1. The van der Waals surface area contributed by atoms with Crippen LogP contribution in [0.4, 0.5) is 5.69 Å². The van der Waals surface area contributed by atoms with Crippen molar-refractivity contribution in [2.75, 3.05) is 12.4 Å². The SMILES string of the molecule is COc1cccc(C(C)Nc2ccc(C)cc2)c1. The Hall–Kier alpha value is -1.96. The van der Waals surface area contributed by atoms with Gasteiger partial charge in [-0.3, -0.25) is 0 Å². The number of benzene rings is 2. The standard InChI is InChI=1S/C16H19NO/c1-12-7-9-15(10-8-12)17-13(2)14-5-4-6-16(11-14)18-3/h4-11,13,17H,1-3H3. The lowest BCUT2D eigenvalue weighted by Crippen LogP contribution is -2.06. The Bertz CT molecular complexity index is 505. The molecule has 2 aromatic carbocycles. The maximum Gasteiger partial charge on any atom is 0.119 e. The van der Waals surface area contributed by atoms with Gasteiger partial charge in [0.1, 0.15) is 5.75 Å². The van der Waals surface area contributed by atoms with Gasteiger partial charge in [-0.25, -0.2) is 0 Å². The van der Waals surface area contributed by atoms with E-state index in [2.05, 4.69) is 55.6 Å². The number of nitrogens with one attached hydrogen (secondary N) is 1. The molecule has 1 N–H and O–H groups in total. The predicted molar refractivity (Wildman–Crippen MR) is 76.2 cm³/mol. The van der Waals surface area contributed by atoms with Crippen LogP contribution in [-0.2, 0) is 0 Å². The van der Waals surface area contributed by atoms with E-state index >= 15 is 0 Å². The van der Waals surface area contributed by atoms with Gasteiger partial charge in [-0.1, -0.05) is 29.8 Å². The summed E-state index contributed by atoms with van der Waals surface area (Å²) in [6, 6.07) is 16.8. The first-order chi connectivity index (χ1) is 8.69. The topological polar surface area (TPSA) is 21.3 Å². The molecule has 0 aliphatic heterocycles. The van der Waals surface area contributed by atoms with Gasteiger partial charge in [-0.05, 0) is 43.7 Å². The van der Waals surface area contributed by atoms with Crippen molar-refractivity contribution < 1.29 is 4.74 Å². The Morgan fingerprint density at radius 2 is 1.78 bits per heavy atom. The first-order valence-electron chi connectivity index (χ1n) is 6.16. The molecule has 2 heteroatoms. The zero-order valence-electron chi connectivity index (χ0n) is 11.1. The highest BCUT2D eigenvalue weighted by atomic mass is 16.5. The van der Waals surface area contributed by atoms with Gasteiger partial charge in [-0.15, -0.1) is 0 Å². The molecule has 0 heterocycles. The summed E-state index contributed by atoms with van der Waals surface area (Å²) in [5.74, 6) is 0.894. The molecule has 0 saturated carbocycles. The van der Waals surface area contributed by atoms with Gasteiger partial charge in [-0.2, -0.15) is 0 Å². The molecule has 2 rings (SSSR count). The summed E-state index contributed by atoms with van der Waals surface area (Å²) in [6.07, 6.45) is 0. The van der Waals surface area contributed by atoms with Gasteiger partial charge in [0.2, 0.25) is 0 Å². The van der Waals surface area contributed by atoms with Crippen LogP contribution in [-0.4, -0.2) is 7.11 Å². The van der Waals surface area contributed by atoms with E-state index in [0.29, 0.717) is 0 Å². The number of ether oxygens (including phenoxy) is 1. The minimum Gasteiger partial charge on any atom is -0.497 e. The second-order valence-corrected chi connectivity index (χ2v) is 4.51.